The van der Waals surface area contributed by atoms with Gasteiger partial charge in [-0.1, -0.05) is 15.9 Å². The Morgan fingerprint density at radius 2 is 2.19 bits per heavy atom. The lowest BCUT2D eigenvalue weighted by Crippen LogP contribution is -2.18. The molecule has 0 saturated carbocycles. The molecule has 2 rings (SSSR count). The molecule has 0 atom stereocenters. The summed E-state index contributed by atoms with van der Waals surface area (Å²) in [6.45, 7) is 0. The van der Waals surface area contributed by atoms with Crippen LogP contribution in [0, 0.1) is 3.77 Å². The Hall–Kier alpha value is -0.870. The average Bonchev–Trinajstić information content (AvgIpc) is 2.77. The molecular weight excluding hydrogens is 519 g/mol. The Balaban J connectivity index is 2.10. The fourth-order valence-corrected chi connectivity index (χ4v) is 2.58. The molecule has 1 aromatic heterocycles. The topological polar surface area (TPSA) is 63.8 Å². The summed E-state index contributed by atoms with van der Waals surface area (Å²) in [6.07, 6.45) is 1.43. The molecule has 0 radical (unpaired) electrons. The zero-order valence-electron chi connectivity index (χ0n) is 10.7. The number of carbonyl (C=O) groups is 1. The predicted octanol–water partition coefficient (Wildman–Crippen LogP) is 4.18. The maximum Gasteiger partial charge on any atom is 0.275 e. The number of benzene rings is 1. The van der Waals surface area contributed by atoms with E-state index < -0.39 is 0 Å². The third-order valence-corrected chi connectivity index (χ3v) is 5.05. The van der Waals surface area contributed by atoms with Gasteiger partial charge in [-0.05, 0) is 34.1 Å². The highest BCUT2D eigenvalue weighted by Crippen LogP contribution is 2.23. The van der Waals surface area contributed by atoms with Gasteiger partial charge in [0, 0.05) is 33.1 Å². The average molecular weight is 528 g/mol. The summed E-state index contributed by atoms with van der Waals surface area (Å²) in [6, 6.07) is 6.92. The van der Waals surface area contributed by atoms with Crippen molar-refractivity contribution in [1.82, 2.24) is 5.43 Å². The third-order valence-electron chi connectivity index (χ3n) is 2.43. The van der Waals surface area contributed by atoms with Crippen LogP contribution >= 0.6 is 54.5 Å². The van der Waals surface area contributed by atoms with Gasteiger partial charge in [-0.15, -0.1) is 0 Å². The van der Waals surface area contributed by atoms with Crippen molar-refractivity contribution >= 4 is 66.6 Å². The molecule has 0 unspecified atom stereocenters. The largest absolute Gasteiger partial charge is 0.496 e. The van der Waals surface area contributed by atoms with Crippen molar-refractivity contribution in [2.45, 2.75) is 0 Å². The van der Waals surface area contributed by atoms with E-state index in [4.69, 9.17) is 9.15 Å². The van der Waals surface area contributed by atoms with Crippen LogP contribution in [0.3, 0.4) is 0 Å². The number of furan rings is 1. The van der Waals surface area contributed by atoms with Crippen molar-refractivity contribution in [2.24, 2.45) is 5.10 Å². The third kappa shape index (κ3) is 4.30. The zero-order valence-corrected chi connectivity index (χ0v) is 16.0. The normalized spacial score (nSPS) is 10.9. The highest BCUT2D eigenvalue weighted by atomic mass is 127. The van der Waals surface area contributed by atoms with Crippen LogP contribution in [0.2, 0.25) is 0 Å². The Morgan fingerprint density at radius 1 is 1.43 bits per heavy atom. The van der Waals surface area contributed by atoms with E-state index in [2.05, 4.69) is 42.4 Å². The molecule has 0 bridgehead atoms. The first-order chi connectivity index (χ1) is 10.0. The number of hydrazone groups is 1. The summed E-state index contributed by atoms with van der Waals surface area (Å²) in [7, 11) is 1.51. The van der Waals surface area contributed by atoms with Crippen LogP contribution in [0.25, 0.3) is 0 Å². The summed E-state index contributed by atoms with van der Waals surface area (Å²) in [5, 5.41) is 3.86. The monoisotopic (exact) mass is 526 g/mol. The van der Waals surface area contributed by atoms with Gasteiger partial charge in [0.1, 0.15) is 11.5 Å². The van der Waals surface area contributed by atoms with Gasteiger partial charge in [0.05, 0.1) is 23.4 Å². The molecule has 1 heterocycles. The minimum atomic E-state index is -0.371. The maximum atomic E-state index is 12.1. The van der Waals surface area contributed by atoms with Crippen molar-refractivity contribution in [3.63, 3.8) is 0 Å². The number of halogens is 3. The first kappa shape index (κ1) is 16.5. The van der Waals surface area contributed by atoms with Crippen molar-refractivity contribution in [3.8, 4) is 5.75 Å². The second-order valence-electron chi connectivity index (χ2n) is 3.81. The number of amides is 1. The van der Waals surface area contributed by atoms with Crippen molar-refractivity contribution in [1.29, 1.82) is 0 Å². The van der Waals surface area contributed by atoms with Crippen LogP contribution in [0.5, 0.6) is 5.75 Å². The molecule has 110 valence electrons. The molecule has 0 aliphatic rings. The van der Waals surface area contributed by atoms with Gasteiger partial charge in [-0.25, -0.2) is 5.43 Å². The van der Waals surface area contributed by atoms with Crippen LogP contribution < -0.4 is 10.2 Å². The van der Waals surface area contributed by atoms with Gasteiger partial charge in [-0.2, -0.15) is 5.10 Å². The van der Waals surface area contributed by atoms with E-state index in [1.54, 1.807) is 24.3 Å². The van der Waals surface area contributed by atoms with Gasteiger partial charge in [-0.3, -0.25) is 4.79 Å². The number of hydrogen-bond acceptors (Lipinski definition) is 4. The minimum absolute atomic E-state index is 0.371. The highest BCUT2D eigenvalue weighted by molar-refractivity contribution is 14.1. The van der Waals surface area contributed by atoms with E-state index in [0.717, 1.165) is 8.95 Å². The molecule has 0 fully saturated rings. The number of hydrogen-bond donors (Lipinski definition) is 1. The zero-order chi connectivity index (χ0) is 15.4. The minimum Gasteiger partial charge on any atom is -0.496 e. The lowest BCUT2D eigenvalue weighted by atomic mass is 10.2. The van der Waals surface area contributed by atoms with E-state index in [0.29, 0.717) is 20.8 Å². The van der Waals surface area contributed by atoms with Gasteiger partial charge in [0.15, 0.2) is 3.77 Å². The van der Waals surface area contributed by atoms with E-state index in [1.165, 1.54) is 13.3 Å². The predicted molar refractivity (Wildman–Crippen MR) is 94.9 cm³/mol. The summed E-state index contributed by atoms with van der Waals surface area (Å²) in [4.78, 5) is 12.1. The number of rotatable bonds is 4. The second-order valence-corrected chi connectivity index (χ2v) is 6.56. The van der Waals surface area contributed by atoms with Gasteiger partial charge in [0.2, 0.25) is 0 Å². The van der Waals surface area contributed by atoms with Crippen LogP contribution in [0.15, 0.2) is 42.7 Å². The first-order valence-corrected chi connectivity index (χ1v) is 8.29. The summed E-state index contributed by atoms with van der Waals surface area (Å²) in [5.41, 5.74) is 2.82. The molecule has 2 aromatic rings. The van der Waals surface area contributed by atoms with Crippen LogP contribution in [0.1, 0.15) is 16.1 Å². The fourth-order valence-electron chi connectivity index (χ4n) is 1.50. The number of nitrogens with one attached hydrogen (secondary N) is 1. The molecule has 8 heteroatoms. The number of nitrogens with zero attached hydrogens (tertiary/aromatic N) is 1. The molecule has 0 aliphatic heterocycles. The van der Waals surface area contributed by atoms with Crippen LogP contribution in [-0.4, -0.2) is 19.2 Å². The highest BCUT2D eigenvalue weighted by Gasteiger charge is 2.12. The lowest BCUT2D eigenvalue weighted by molar-refractivity contribution is 0.0952. The Morgan fingerprint density at radius 3 is 2.81 bits per heavy atom. The second kappa shape index (κ2) is 7.41. The molecule has 1 aromatic carbocycles. The number of carbonyl (C=O) groups excluding carboxylic acids is 1. The van der Waals surface area contributed by atoms with Gasteiger partial charge in [0.25, 0.3) is 5.91 Å². The lowest BCUT2D eigenvalue weighted by Gasteiger charge is -2.07. The summed E-state index contributed by atoms with van der Waals surface area (Å²) in [5.74, 6) is 0.638. The number of ether oxygens (including phenoxy) is 1. The molecule has 0 aliphatic carbocycles. The van der Waals surface area contributed by atoms with Crippen LogP contribution in [-0.2, 0) is 0 Å². The van der Waals surface area contributed by atoms with Crippen LogP contribution in [0.4, 0.5) is 0 Å². The van der Waals surface area contributed by atoms with E-state index in [-0.39, 0.29) is 5.91 Å². The van der Waals surface area contributed by atoms with Crippen molar-refractivity contribution in [3.05, 3.63) is 48.3 Å². The van der Waals surface area contributed by atoms with E-state index in [1.807, 2.05) is 22.6 Å². The maximum absolute atomic E-state index is 12.1. The standard InChI is InChI=1S/C13H9Br2IN2O3/c1-20-11-3-2-7(14)4-9(11)13(19)18-17-6-8-5-10(15)12(16)21-8/h2-6H,1H3,(H,18,19)/b17-6+. The van der Waals surface area contributed by atoms with E-state index in [9.17, 15) is 4.79 Å². The van der Waals surface area contributed by atoms with Gasteiger partial charge < -0.3 is 9.15 Å². The Kier molecular flexibility index (Phi) is 5.82. The smallest absolute Gasteiger partial charge is 0.275 e. The molecule has 1 amide bonds. The van der Waals surface area contributed by atoms with Crippen molar-refractivity contribution < 1.29 is 13.9 Å². The molecule has 1 N–H and O–H groups in total. The number of methoxy groups -OCH3 is 1. The van der Waals surface area contributed by atoms with Gasteiger partial charge >= 0.3 is 0 Å². The molecular formula is C13H9Br2IN2O3. The quantitative estimate of drug-likeness (QED) is 0.369. The molecule has 0 spiro atoms. The molecule has 21 heavy (non-hydrogen) atoms. The van der Waals surface area contributed by atoms with Crippen molar-refractivity contribution in [2.75, 3.05) is 7.11 Å². The molecule has 5 nitrogen and oxygen atoms in total. The SMILES string of the molecule is COc1ccc(Br)cc1C(=O)N/N=C/c1cc(Br)c(I)o1. The van der Waals surface area contributed by atoms with E-state index >= 15 is 0 Å². The first-order valence-electron chi connectivity index (χ1n) is 5.63. The summed E-state index contributed by atoms with van der Waals surface area (Å²) >= 11 is 8.69. The molecule has 0 saturated heterocycles. The fraction of sp³-hybridized carbons (Fsp3) is 0.0769. The summed E-state index contributed by atoms with van der Waals surface area (Å²) < 4.78 is 12.9. The Bertz CT molecular complexity index is 681. The Labute approximate surface area is 151 Å².